The maximum Gasteiger partial charge on any atom is 0.308 e. The Kier molecular flexibility index (Phi) is 6.11. The molecule has 22 heavy (non-hydrogen) atoms. The first-order valence-corrected chi connectivity index (χ1v) is 6.89. The average molecular weight is 329 g/mol. The Bertz CT molecular complexity index is 593. The molecule has 2 amide bonds. The molecule has 120 valence electrons. The van der Waals surface area contributed by atoms with Crippen LogP contribution in [0.5, 0.6) is 0 Å². The van der Waals surface area contributed by atoms with Gasteiger partial charge in [-0.05, 0) is 19.1 Å². The maximum absolute atomic E-state index is 12.2. The van der Waals surface area contributed by atoms with Gasteiger partial charge in [-0.3, -0.25) is 14.4 Å². The minimum Gasteiger partial charge on any atom is -0.481 e. The highest BCUT2D eigenvalue weighted by Crippen LogP contribution is 2.19. The quantitative estimate of drug-likeness (QED) is 0.572. The van der Waals surface area contributed by atoms with Crippen LogP contribution in [0.25, 0.3) is 0 Å². The smallest absolute Gasteiger partial charge is 0.308 e. The van der Waals surface area contributed by atoms with E-state index < -0.39 is 29.7 Å². The van der Waals surface area contributed by atoms with Gasteiger partial charge < -0.3 is 21.5 Å². The van der Waals surface area contributed by atoms with Gasteiger partial charge in [0.05, 0.1) is 11.6 Å². The Morgan fingerprint density at radius 1 is 1.41 bits per heavy atom. The first-order valence-electron chi connectivity index (χ1n) is 6.51. The lowest BCUT2D eigenvalue weighted by Gasteiger charge is -2.21. The third kappa shape index (κ3) is 4.59. The molecule has 0 aliphatic carbocycles. The number of pyridine rings is 1. The van der Waals surface area contributed by atoms with Crippen LogP contribution in [-0.4, -0.2) is 33.9 Å². The van der Waals surface area contributed by atoms with E-state index in [9.17, 15) is 14.4 Å². The van der Waals surface area contributed by atoms with Gasteiger partial charge in [0.15, 0.2) is 5.82 Å². The summed E-state index contributed by atoms with van der Waals surface area (Å²) in [7, 11) is 0. The first-order chi connectivity index (χ1) is 10.3. The molecule has 0 aliphatic rings. The number of nitrogens with one attached hydrogen (secondary N) is 2. The van der Waals surface area contributed by atoms with Crippen molar-refractivity contribution in [2.24, 2.45) is 5.92 Å². The molecule has 2 atom stereocenters. The molecule has 0 saturated heterocycles. The molecule has 2 unspecified atom stereocenters. The number of rotatable bonds is 6. The summed E-state index contributed by atoms with van der Waals surface area (Å²) in [6.07, 6.45) is 0.119. The van der Waals surface area contributed by atoms with Crippen molar-refractivity contribution in [3.05, 3.63) is 17.3 Å². The Morgan fingerprint density at radius 2 is 2.05 bits per heavy atom. The zero-order chi connectivity index (χ0) is 16.9. The van der Waals surface area contributed by atoms with E-state index in [1.807, 2.05) is 0 Å². The van der Waals surface area contributed by atoms with E-state index in [4.69, 9.17) is 22.4 Å². The number of carbonyl (C=O) groups is 3. The van der Waals surface area contributed by atoms with E-state index in [1.54, 1.807) is 6.92 Å². The van der Waals surface area contributed by atoms with Crippen molar-refractivity contribution in [3.63, 3.8) is 0 Å². The highest BCUT2D eigenvalue weighted by molar-refractivity contribution is 6.29. The molecular weight excluding hydrogens is 312 g/mol. The van der Waals surface area contributed by atoms with Crippen LogP contribution in [0.3, 0.4) is 0 Å². The summed E-state index contributed by atoms with van der Waals surface area (Å²) in [5.74, 6) is -3.52. The number of nitrogens with zero attached hydrogens (tertiary/aromatic N) is 1. The van der Waals surface area contributed by atoms with E-state index in [-0.39, 0.29) is 23.1 Å². The van der Waals surface area contributed by atoms with Gasteiger partial charge in [-0.1, -0.05) is 18.5 Å². The molecule has 0 aliphatic heterocycles. The lowest BCUT2D eigenvalue weighted by atomic mass is 10.0. The summed E-state index contributed by atoms with van der Waals surface area (Å²) in [6.45, 7) is 2.91. The van der Waals surface area contributed by atoms with Gasteiger partial charge in [0.25, 0.3) is 0 Å². The number of carboxylic acids is 1. The number of aliphatic carboxylic acids is 1. The molecule has 0 saturated carbocycles. The lowest BCUT2D eigenvalue weighted by Crippen LogP contribution is -2.49. The summed E-state index contributed by atoms with van der Waals surface area (Å²) in [6, 6.07) is 1.64. The number of carboxylic acid groups (broad SMARTS) is 1. The summed E-state index contributed by atoms with van der Waals surface area (Å²) < 4.78 is 0. The van der Waals surface area contributed by atoms with Crippen LogP contribution in [-0.2, 0) is 14.4 Å². The van der Waals surface area contributed by atoms with Gasteiger partial charge in [0, 0.05) is 6.42 Å². The SMILES string of the molecule is CCC(=O)NC(C(=O)Nc1nc(Cl)ccc1N)C(C)C(=O)O. The van der Waals surface area contributed by atoms with E-state index >= 15 is 0 Å². The first kappa shape index (κ1) is 17.7. The van der Waals surface area contributed by atoms with Gasteiger partial charge in [-0.2, -0.15) is 0 Å². The topological polar surface area (TPSA) is 134 Å². The molecule has 8 nitrogen and oxygen atoms in total. The van der Waals surface area contributed by atoms with Crippen LogP contribution in [0.2, 0.25) is 5.15 Å². The highest BCUT2D eigenvalue weighted by atomic mass is 35.5. The average Bonchev–Trinajstić information content (AvgIpc) is 2.47. The van der Waals surface area contributed by atoms with Crippen LogP contribution >= 0.6 is 11.6 Å². The van der Waals surface area contributed by atoms with E-state index in [1.165, 1.54) is 19.1 Å². The summed E-state index contributed by atoms with van der Waals surface area (Å²) in [5, 5.41) is 13.9. The molecule has 1 aromatic rings. The molecule has 0 fully saturated rings. The van der Waals surface area contributed by atoms with Crippen LogP contribution < -0.4 is 16.4 Å². The summed E-state index contributed by atoms with van der Waals surface area (Å²) in [4.78, 5) is 38.7. The number of carbonyl (C=O) groups excluding carboxylic acids is 2. The summed E-state index contributed by atoms with van der Waals surface area (Å²) in [5.41, 5.74) is 5.83. The van der Waals surface area contributed by atoms with E-state index in [0.29, 0.717) is 0 Å². The van der Waals surface area contributed by atoms with Crippen molar-refractivity contribution < 1.29 is 19.5 Å². The largest absolute Gasteiger partial charge is 0.481 e. The molecule has 1 rings (SSSR count). The molecular formula is C13H17ClN4O4. The fraction of sp³-hybridized carbons (Fsp3) is 0.385. The second kappa shape index (κ2) is 7.60. The molecule has 1 heterocycles. The van der Waals surface area contributed by atoms with Crippen LogP contribution in [0.1, 0.15) is 20.3 Å². The van der Waals surface area contributed by atoms with E-state index in [0.717, 1.165) is 0 Å². The van der Waals surface area contributed by atoms with Gasteiger partial charge in [0.2, 0.25) is 11.8 Å². The van der Waals surface area contributed by atoms with Crippen molar-refractivity contribution in [1.82, 2.24) is 10.3 Å². The highest BCUT2D eigenvalue weighted by Gasteiger charge is 2.31. The van der Waals surface area contributed by atoms with Crippen LogP contribution in [0.4, 0.5) is 11.5 Å². The second-order valence-corrected chi connectivity index (χ2v) is 4.97. The number of hydrogen-bond donors (Lipinski definition) is 4. The van der Waals surface area contributed by atoms with Crippen molar-refractivity contribution in [2.45, 2.75) is 26.3 Å². The number of hydrogen-bond acceptors (Lipinski definition) is 5. The molecule has 0 bridgehead atoms. The number of anilines is 2. The monoisotopic (exact) mass is 328 g/mol. The van der Waals surface area contributed by atoms with Crippen molar-refractivity contribution in [2.75, 3.05) is 11.1 Å². The number of nitrogen functional groups attached to an aromatic ring is 1. The minimum atomic E-state index is -1.26. The fourth-order valence-electron chi connectivity index (χ4n) is 1.58. The molecule has 5 N–H and O–H groups in total. The van der Waals surface area contributed by atoms with Gasteiger partial charge >= 0.3 is 5.97 Å². The fourth-order valence-corrected chi connectivity index (χ4v) is 1.72. The number of nitrogens with two attached hydrogens (primary N) is 1. The third-order valence-electron chi connectivity index (χ3n) is 2.94. The predicted molar refractivity (Wildman–Crippen MR) is 81.3 cm³/mol. The zero-order valence-corrected chi connectivity index (χ0v) is 12.8. The maximum atomic E-state index is 12.2. The van der Waals surface area contributed by atoms with Gasteiger partial charge in [-0.25, -0.2) is 4.98 Å². The molecule has 9 heteroatoms. The van der Waals surface area contributed by atoms with Crippen LogP contribution in [0, 0.1) is 5.92 Å². The van der Waals surface area contributed by atoms with Crippen molar-refractivity contribution >= 4 is 40.9 Å². The Balaban J connectivity index is 2.98. The Labute approximate surface area is 132 Å². The third-order valence-corrected chi connectivity index (χ3v) is 3.15. The predicted octanol–water partition coefficient (Wildman–Crippen LogP) is 0.871. The van der Waals surface area contributed by atoms with Crippen molar-refractivity contribution in [3.8, 4) is 0 Å². The number of halogens is 1. The lowest BCUT2D eigenvalue weighted by molar-refractivity contribution is -0.144. The minimum absolute atomic E-state index is 0.00540. The second-order valence-electron chi connectivity index (χ2n) is 4.59. The Morgan fingerprint density at radius 3 is 2.59 bits per heavy atom. The van der Waals surface area contributed by atoms with E-state index in [2.05, 4.69) is 15.6 Å². The number of aromatic nitrogens is 1. The molecule has 1 aromatic heterocycles. The molecule has 0 spiro atoms. The zero-order valence-electron chi connectivity index (χ0n) is 12.1. The molecule has 0 radical (unpaired) electrons. The van der Waals surface area contributed by atoms with Crippen molar-refractivity contribution in [1.29, 1.82) is 0 Å². The normalized spacial score (nSPS) is 13.0. The van der Waals surface area contributed by atoms with Gasteiger partial charge in [0.1, 0.15) is 11.2 Å². The Hall–Kier alpha value is -2.35. The molecule has 0 aromatic carbocycles. The standard InChI is InChI=1S/C13H17ClN4O4/c1-3-9(19)17-10(6(2)13(21)22)12(20)18-11-7(15)4-5-8(14)16-11/h4-6,10H,3,15H2,1-2H3,(H,17,19)(H,21,22)(H,16,18,20). The van der Waals surface area contributed by atoms with Gasteiger partial charge in [-0.15, -0.1) is 0 Å². The van der Waals surface area contributed by atoms with Crippen LogP contribution in [0.15, 0.2) is 12.1 Å². The summed E-state index contributed by atoms with van der Waals surface area (Å²) >= 11 is 5.72. The number of amides is 2.